The van der Waals surface area contributed by atoms with Crippen molar-refractivity contribution < 1.29 is 22.7 Å². The number of aromatic nitrogens is 2. The van der Waals surface area contributed by atoms with Crippen molar-refractivity contribution in [2.45, 2.75) is 18.9 Å². The Morgan fingerprint density at radius 2 is 1.97 bits per heavy atom. The molecule has 1 aliphatic heterocycles. The van der Waals surface area contributed by atoms with Crippen LogP contribution >= 0.6 is 0 Å². The van der Waals surface area contributed by atoms with Crippen molar-refractivity contribution in [3.63, 3.8) is 0 Å². The number of pyridine rings is 2. The van der Waals surface area contributed by atoms with E-state index in [0.717, 1.165) is 24.3 Å². The van der Waals surface area contributed by atoms with Gasteiger partial charge in [0.2, 0.25) is 0 Å². The highest BCUT2D eigenvalue weighted by Crippen LogP contribution is 2.32. The van der Waals surface area contributed by atoms with E-state index in [9.17, 15) is 18.0 Å². The van der Waals surface area contributed by atoms with Gasteiger partial charge >= 0.3 is 0 Å². The molecular weight excluding hydrogens is 435 g/mol. The molecule has 0 saturated heterocycles. The number of nitrogen functional groups attached to an aromatic ring is 1. The molecule has 3 heterocycles. The molecule has 1 aliphatic rings. The Morgan fingerprint density at radius 3 is 2.70 bits per heavy atom. The molecule has 1 amide bonds. The number of hydrogen-bond donors (Lipinski definition) is 2. The highest BCUT2D eigenvalue weighted by atomic mass is 19.1. The molecule has 10 heteroatoms. The maximum absolute atomic E-state index is 14.5. The number of nitrogens with two attached hydrogens (primary N) is 1. The minimum absolute atomic E-state index is 0.219. The fraction of sp³-hybridized carbons (Fsp3) is 0.130. The second kappa shape index (κ2) is 9.00. The summed E-state index contributed by atoms with van der Waals surface area (Å²) in [6, 6.07) is 7.43. The molecule has 1 atom stereocenters. The maximum Gasteiger partial charge on any atom is 0.276 e. The van der Waals surface area contributed by atoms with Crippen molar-refractivity contribution in [1.82, 2.24) is 9.97 Å². The van der Waals surface area contributed by atoms with Gasteiger partial charge in [0.05, 0.1) is 23.1 Å². The third kappa shape index (κ3) is 4.34. The molecule has 166 valence electrons. The highest BCUT2D eigenvalue weighted by molar-refractivity contribution is 6.07. The monoisotopic (exact) mass is 451 g/mol. The second-order valence-corrected chi connectivity index (χ2v) is 7.11. The first-order valence-electron chi connectivity index (χ1n) is 9.81. The van der Waals surface area contributed by atoms with Gasteiger partial charge in [-0.1, -0.05) is 6.07 Å². The molecule has 1 aromatic carbocycles. The molecule has 2 aromatic heterocycles. The lowest BCUT2D eigenvalue weighted by molar-refractivity contribution is 0.102. The average Bonchev–Trinajstić information content (AvgIpc) is 2.80. The Bertz CT molecular complexity index is 1300. The number of rotatable bonds is 4. The fourth-order valence-corrected chi connectivity index (χ4v) is 3.37. The Hall–Kier alpha value is -4.39. The molecule has 0 spiro atoms. The Labute approximate surface area is 186 Å². The number of hydrogen-bond acceptors (Lipinski definition) is 6. The molecule has 0 unspecified atom stereocenters. The van der Waals surface area contributed by atoms with Crippen LogP contribution in [-0.2, 0) is 4.74 Å². The summed E-state index contributed by atoms with van der Waals surface area (Å²) >= 11 is 0. The highest BCUT2D eigenvalue weighted by Gasteiger charge is 2.24. The van der Waals surface area contributed by atoms with Crippen LogP contribution in [0.25, 0.3) is 17.0 Å². The lowest BCUT2D eigenvalue weighted by atomic mass is 10.1. The number of ether oxygens (including phenoxy) is 1. The number of nitriles is 1. The van der Waals surface area contributed by atoms with Crippen molar-refractivity contribution in [1.29, 1.82) is 5.26 Å². The van der Waals surface area contributed by atoms with Crippen LogP contribution in [0.4, 0.5) is 24.5 Å². The topological polar surface area (TPSA) is 114 Å². The van der Waals surface area contributed by atoms with E-state index in [2.05, 4.69) is 15.3 Å². The molecular formula is C23H16F3N5O2. The summed E-state index contributed by atoms with van der Waals surface area (Å²) in [4.78, 5) is 20.8. The number of carbonyl (C=O) groups is 1. The standard InChI is InChI=1S/C23H16F3N5O2/c24-14-4-2-5-15(25)20(14)21-16(26)9-17(28)22(31-21)23(32)30-18-11-29-8-7-13(18)19-6-1-3-12(10-27)33-19/h2,4-9,11-12H,1,3,28H2,(H,30,32)/t12-/m0/s1. The summed E-state index contributed by atoms with van der Waals surface area (Å²) in [6.07, 6.45) is 5.13. The van der Waals surface area contributed by atoms with Crippen LogP contribution in [0.2, 0.25) is 0 Å². The van der Waals surface area contributed by atoms with Gasteiger partial charge in [-0.2, -0.15) is 5.26 Å². The minimum Gasteiger partial charge on any atom is -0.475 e. The molecule has 7 nitrogen and oxygen atoms in total. The van der Waals surface area contributed by atoms with E-state index < -0.39 is 46.4 Å². The van der Waals surface area contributed by atoms with Crippen LogP contribution in [0.15, 0.2) is 48.8 Å². The van der Waals surface area contributed by atoms with Gasteiger partial charge in [-0.3, -0.25) is 9.78 Å². The Kier molecular flexibility index (Phi) is 5.95. The zero-order valence-corrected chi connectivity index (χ0v) is 17.0. The molecule has 0 aliphatic carbocycles. The summed E-state index contributed by atoms with van der Waals surface area (Å²) in [7, 11) is 0. The van der Waals surface area contributed by atoms with E-state index in [1.165, 1.54) is 12.4 Å². The lowest BCUT2D eigenvalue weighted by Crippen LogP contribution is -2.19. The predicted molar refractivity (Wildman–Crippen MR) is 114 cm³/mol. The van der Waals surface area contributed by atoms with E-state index in [4.69, 9.17) is 15.7 Å². The zero-order chi connectivity index (χ0) is 23.5. The summed E-state index contributed by atoms with van der Waals surface area (Å²) in [6.45, 7) is 0. The van der Waals surface area contributed by atoms with Gasteiger partial charge in [-0.15, -0.1) is 0 Å². The van der Waals surface area contributed by atoms with Crippen LogP contribution in [0, 0.1) is 28.8 Å². The molecule has 0 fully saturated rings. The summed E-state index contributed by atoms with van der Waals surface area (Å²) in [5.74, 6) is -3.63. The number of nitrogens with one attached hydrogen (secondary N) is 1. The molecule has 0 bridgehead atoms. The lowest BCUT2D eigenvalue weighted by Gasteiger charge is -2.21. The van der Waals surface area contributed by atoms with Crippen LogP contribution < -0.4 is 11.1 Å². The third-order valence-electron chi connectivity index (χ3n) is 4.93. The molecule has 4 rings (SSSR count). The SMILES string of the molecule is N#C[C@@H]1CCC=C(c2ccncc2NC(=O)c2nc(-c3c(F)cccc3F)c(F)cc2N)O1. The number of benzene rings is 1. The Balaban J connectivity index is 1.70. The van der Waals surface area contributed by atoms with Gasteiger partial charge in [0.1, 0.15) is 29.2 Å². The van der Waals surface area contributed by atoms with Crippen LogP contribution in [0.5, 0.6) is 0 Å². The average molecular weight is 451 g/mol. The van der Waals surface area contributed by atoms with Crippen LogP contribution in [-0.4, -0.2) is 22.0 Å². The summed E-state index contributed by atoms with van der Waals surface area (Å²) in [5, 5.41) is 11.7. The van der Waals surface area contributed by atoms with E-state index in [0.29, 0.717) is 24.2 Å². The van der Waals surface area contributed by atoms with Gasteiger partial charge in [0.15, 0.2) is 17.6 Å². The molecule has 33 heavy (non-hydrogen) atoms. The van der Waals surface area contributed by atoms with Crippen molar-refractivity contribution in [3.8, 4) is 17.3 Å². The first-order valence-corrected chi connectivity index (χ1v) is 9.81. The first kappa shape index (κ1) is 21.8. The van der Waals surface area contributed by atoms with Crippen molar-refractivity contribution in [2.75, 3.05) is 11.1 Å². The molecule has 3 aromatic rings. The van der Waals surface area contributed by atoms with Gasteiger partial charge < -0.3 is 15.8 Å². The molecule has 3 N–H and O–H groups in total. The van der Waals surface area contributed by atoms with Crippen LogP contribution in [0.3, 0.4) is 0 Å². The van der Waals surface area contributed by atoms with Gasteiger partial charge in [-0.25, -0.2) is 18.2 Å². The molecule has 0 saturated carbocycles. The fourth-order valence-electron chi connectivity index (χ4n) is 3.37. The predicted octanol–water partition coefficient (Wildman–Crippen LogP) is 4.44. The number of amides is 1. The van der Waals surface area contributed by atoms with E-state index in [-0.39, 0.29) is 11.4 Å². The minimum atomic E-state index is -1.08. The maximum atomic E-state index is 14.5. The number of nitrogens with zero attached hydrogens (tertiary/aromatic N) is 3. The van der Waals surface area contributed by atoms with E-state index in [1.807, 2.05) is 6.07 Å². The van der Waals surface area contributed by atoms with Crippen molar-refractivity contribution >= 4 is 23.0 Å². The van der Waals surface area contributed by atoms with E-state index in [1.54, 1.807) is 12.1 Å². The smallest absolute Gasteiger partial charge is 0.276 e. The first-order chi connectivity index (χ1) is 15.9. The second-order valence-electron chi connectivity index (χ2n) is 7.11. The Morgan fingerprint density at radius 1 is 1.21 bits per heavy atom. The number of carbonyl (C=O) groups excluding carboxylic acids is 1. The van der Waals surface area contributed by atoms with Crippen molar-refractivity contribution in [3.05, 3.63) is 77.5 Å². The normalized spacial score (nSPS) is 15.2. The number of anilines is 2. The quantitative estimate of drug-likeness (QED) is 0.606. The van der Waals surface area contributed by atoms with E-state index >= 15 is 0 Å². The largest absolute Gasteiger partial charge is 0.475 e. The zero-order valence-electron chi connectivity index (χ0n) is 17.0. The summed E-state index contributed by atoms with van der Waals surface area (Å²) in [5.41, 5.74) is 4.29. The summed E-state index contributed by atoms with van der Waals surface area (Å²) < 4.78 is 48.5. The number of allylic oxidation sites excluding steroid dienone is 1. The number of halogens is 3. The van der Waals surface area contributed by atoms with Crippen LogP contribution in [0.1, 0.15) is 28.9 Å². The van der Waals surface area contributed by atoms with Gasteiger partial charge in [0.25, 0.3) is 5.91 Å². The van der Waals surface area contributed by atoms with Gasteiger partial charge in [0, 0.05) is 24.2 Å². The molecule has 0 radical (unpaired) electrons. The van der Waals surface area contributed by atoms with Crippen molar-refractivity contribution in [2.24, 2.45) is 0 Å². The van der Waals surface area contributed by atoms with Gasteiger partial charge in [-0.05, 0) is 30.7 Å². The third-order valence-corrected chi connectivity index (χ3v) is 4.93.